The number of benzene rings is 1. The van der Waals surface area contributed by atoms with Gasteiger partial charge in [-0.3, -0.25) is 0 Å². The summed E-state index contributed by atoms with van der Waals surface area (Å²) in [6, 6.07) is 10.1. The third-order valence-electron chi connectivity index (χ3n) is 4.07. The minimum absolute atomic E-state index is 0.515. The Morgan fingerprint density at radius 2 is 2.14 bits per heavy atom. The van der Waals surface area contributed by atoms with E-state index in [2.05, 4.69) is 11.4 Å². The van der Waals surface area contributed by atoms with Gasteiger partial charge in [-0.2, -0.15) is 11.3 Å². The van der Waals surface area contributed by atoms with Crippen molar-refractivity contribution >= 4 is 11.3 Å². The highest BCUT2D eigenvalue weighted by Crippen LogP contribution is 2.30. The zero-order valence-electron chi connectivity index (χ0n) is 12.9. The summed E-state index contributed by atoms with van der Waals surface area (Å²) in [6.45, 7) is 3.88. The molecular formula is C18H23NO2S. The molecule has 1 aliphatic rings. The molecule has 0 amide bonds. The van der Waals surface area contributed by atoms with Crippen molar-refractivity contribution in [3.05, 3.63) is 52.2 Å². The van der Waals surface area contributed by atoms with Crippen molar-refractivity contribution in [2.45, 2.75) is 31.9 Å². The van der Waals surface area contributed by atoms with E-state index in [0.29, 0.717) is 13.1 Å². The lowest BCUT2D eigenvalue weighted by Crippen LogP contribution is -2.34. The first kappa shape index (κ1) is 15.5. The molecule has 1 heterocycles. The summed E-state index contributed by atoms with van der Waals surface area (Å²) in [4.78, 5) is 0. The molecule has 0 bridgehead atoms. The monoisotopic (exact) mass is 317 g/mol. The summed E-state index contributed by atoms with van der Waals surface area (Å²) < 4.78 is 5.92. The molecular weight excluding hydrogens is 294 g/mol. The van der Waals surface area contributed by atoms with Gasteiger partial charge in [0, 0.05) is 18.7 Å². The summed E-state index contributed by atoms with van der Waals surface area (Å²) in [7, 11) is 0. The zero-order valence-corrected chi connectivity index (χ0v) is 13.7. The summed E-state index contributed by atoms with van der Waals surface area (Å²) >= 11 is 1.61. The van der Waals surface area contributed by atoms with Gasteiger partial charge in [0.25, 0.3) is 0 Å². The molecule has 1 fully saturated rings. The molecule has 2 N–H and O–H groups in total. The molecule has 1 atom stereocenters. The van der Waals surface area contributed by atoms with Crippen LogP contribution >= 0.6 is 11.3 Å². The number of aliphatic hydroxyl groups is 1. The van der Waals surface area contributed by atoms with Crippen LogP contribution in [0.4, 0.5) is 0 Å². The fourth-order valence-corrected chi connectivity index (χ4v) is 3.18. The number of para-hydroxylation sites is 1. The van der Waals surface area contributed by atoms with Crippen LogP contribution in [0.15, 0.2) is 41.1 Å². The van der Waals surface area contributed by atoms with Gasteiger partial charge in [-0.15, -0.1) is 0 Å². The molecule has 1 aromatic carbocycles. The van der Waals surface area contributed by atoms with Gasteiger partial charge < -0.3 is 15.2 Å². The molecule has 118 valence electrons. The van der Waals surface area contributed by atoms with Crippen LogP contribution in [0.5, 0.6) is 5.75 Å². The van der Waals surface area contributed by atoms with Crippen molar-refractivity contribution in [1.82, 2.24) is 5.32 Å². The van der Waals surface area contributed by atoms with Crippen LogP contribution in [0.1, 0.15) is 30.9 Å². The molecule has 0 aliphatic heterocycles. The molecule has 0 spiro atoms. The highest BCUT2D eigenvalue weighted by atomic mass is 32.1. The smallest absolute Gasteiger partial charge is 0.123 e. The summed E-state index contributed by atoms with van der Waals surface area (Å²) in [6.07, 6.45) is 2.59. The summed E-state index contributed by atoms with van der Waals surface area (Å²) in [5.41, 5.74) is 1.26. The molecule has 1 aliphatic carbocycles. The van der Waals surface area contributed by atoms with E-state index in [1.807, 2.05) is 41.9 Å². The Hall–Kier alpha value is -1.36. The van der Waals surface area contributed by atoms with Crippen LogP contribution in [0.2, 0.25) is 0 Å². The number of rotatable bonds is 8. The Labute approximate surface area is 136 Å². The van der Waals surface area contributed by atoms with Crippen molar-refractivity contribution in [3.63, 3.8) is 0 Å². The standard InChI is InChI=1S/C18H23NO2S/c1-18(20,16-8-9-22-12-16)13-19-10-15-4-2-3-5-17(15)21-11-14-6-7-14/h2-5,8-9,12,14,19-20H,6-7,10-11,13H2,1H3. The fraction of sp³-hybridized carbons (Fsp3) is 0.444. The number of nitrogens with one attached hydrogen (secondary N) is 1. The number of hydrogen-bond acceptors (Lipinski definition) is 4. The van der Waals surface area contributed by atoms with E-state index in [1.54, 1.807) is 11.3 Å². The normalized spacial score (nSPS) is 17.2. The maximum atomic E-state index is 10.5. The second kappa shape index (κ2) is 6.82. The van der Waals surface area contributed by atoms with Crippen molar-refractivity contribution in [2.24, 2.45) is 5.92 Å². The van der Waals surface area contributed by atoms with Crippen molar-refractivity contribution < 1.29 is 9.84 Å². The molecule has 2 aromatic rings. The van der Waals surface area contributed by atoms with Gasteiger partial charge in [0.05, 0.1) is 12.2 Å². The molecule has 3 rings (SSSR count). The van der Waals surface area contributed by atoms with Crippen LogP contribution in [-0.2, 0) is 12.1 Å². The lowest BCUT2D eigenvalue weighted by atomic mass is 9.99. The van der Waals surface area contributed by atoms with Gasteiger partial charge in [0.15, 0.2) is 0 Å². The van der Waals surface area contributed by atoms with E-state index >= 15 is 0 Å². The predicted octanol–water partition coefficient (Wildman–Crippen LogP) is 3.53. The van der Waals surface area contributed by atoms with E-state index < -0.39 is 5.60 Å². The Morgan fingerprint density at radius 1 is 1.32 bits per heavy atom. The van der Waals surface area contributed by atoms with Crippen molar-refractivity contribution in [2.75, 3.05) is 13.2 Å². The van der Waals surface area contributed by atoms with Gasteiger partial charge in [-0.1, -0.05) is 18.2 Å². The highest BCUT2D eigenvalue weighted by Gasteiger charge is 2.24. The minimum Gasteiger partial charge on any atom is -0.493 e. The van der Waals surface area contributed by atoms with E-state index in [-0.39, 0.29) is 0 Å². The Bertz CT molecular complexity index is 591. The predicted molar refractivity (Wildman–Crippen MR) is 90.3 cm³/mol. The first-order valence-corrected chi connectivity index (χ1v) is 8.76. The maximum Gasteiger partial charge on any atom is 0.123 e. The molecule has 4 heteroatoms. The Morgan fingerprint density at radius 3 is 2.86 bits per heavy atom. The Kier molecular flexibility index (Phi) is 4.81. The number of ether oxygens (including phenoxy) is 1. The molecule has 1 saturated carbocycles. The van der Waals surface area contributed by atoms with E-state index in [9.17, 15) is 5.11 Å². The average molecular weight is 317 g/mol. The molecule has 22 heavy (non-hydrogen) atoms. The van der Waals surface area contributed by atoms with Crippen molar-refractivity contribution in [3.8, 4) is 5.75 Å². The third-order valence-corrected chi connectivity index (χ3v) is 4.76. The van der Waals surface area contributed by atoms with E-state index in [0.717, 1.165) is 29.4 Å². The van der Waals surface area contributed by atoms with Crippen LogP contribution in [-0.4, -0.2) is 18.3 Å². The zero-order chi connectivity index (χ0) is 15.4. The first-order valence-electron chi connectivity index (χ1n) is 7.81. The molecule has 3 nitrogen and oxygen atoms in total. The molecule has 1 unspecified atom stereocenters. The van der Waals surface area contributed by atoms with Crippen LogP contribution < -0.4 is 10.1 Å². The lowest BCUT2D eigenvalue weighted by molar-refractivity contribution is 0.0570. The highest BCUT2D eigenvalue weighted by molar-refractivity contribution is 7.08. The SMILES string of the molecule is CC(O)(CNCc1ccccc1OCC1CC1)c1ccsc1. The molecule has 0 saturated heterocycles. The van der Waals surface area contributed by atoms with Gasteiger partial charge in [0.1, 0.15) is 5.75 Å². The van der Waals surface area contributed by atoms with E-state index in [1.165, 1.54) is 12.8 Å². The fourth-order valence-electron chi connectivity index (χ4n) is 2.40. The molecule has 1 aromatic heterocycles. The third kappa shape index (κ3) is 4.09. The van der Waals surface area contributed by atoms with E-state index in [4.69, 9.17) is 4.74 Å². The van der Waals surface area contributed by atoms with Crippen LogP contribution in [0.25, 0.3) is 0 Å². The largest absolute Gasteiger partial charge is 0.493 e. The second-order valence-corrected chi connectivity index (χ2v) is 7.03. The summed E-state index contributed by atoms with van der Waals surface area (Å²) in [5, 5.41) is 17.9. The number of hydrogen-bond donors (Lipinski definition) is 2. The first-order chi connectivity index (χ1) is 10.6. The van der Waals surface area contributed by atoms with Gasteiger partial charge in [0.2, 0.25) is 0 Å². The lowest BCUT2D eigenvalue weighted by Gasteiger charge is -2.23. The van der Waals surface area contributed by atoms with Gasteiger partial charge in [-0.25, -0.2) is 0 Å². The second-order valence-electron chi connectivity index (χ2n) is 6.25. The molecule has 0 radical (unpaired) electrons. The summed E-state index contributed by atoms with van der Waals surface area (Å²) in [5.74, 6) is 1.71. The van der Waals surface area contributed by atoms with Crippen LogP contribution in [0, 0.1) is 5.92 Å². The quantitative estimate of drug-likeness (QED) is 0.782. The van der Waals surface area contributed by atoms with Gasteiger partial charge in [-0.05, 0) is 54.1 Å². The minimum atomic E-state index is -0.843. The van der Waals surface area contributed by atoms with Crippen LogP contribution in [0.3, 0.4) is 0 Å². The van der Waals surface area contributed by atoms with Gasteiger partial charge >= 0.3 is 0 Å². The topological polar surface area (TPSA) is 41.5 Å². The Balaban J connectivity index is 1.54. The maximum absolute atomic E-state index is 10.5. The average Bonchev–Trinajstić information content (AvgIpc) is 3.16. The number of thiophene rings is 1. The van der Waals surface area contributed by atoms with Crippen molar-refractivity contribution in [1.29, 1.82) is 0 Å².